The van der Waals surface area contributed by atoms with E-state index >= 15 is 0 Å². The van der Waals surface area contributed by atoms with Crippen LogP contribution in [0.4, 0.5) is 0 Å². The van der Waals surface area contributed by atoms with E-state index < -0.39 is 0 Å². The lowest BCUT2D eigenvalue weighted by Gasteiger charge is -2.19. The van der Waals surface area contributed by atoms with Crippen molar-refractivity contribution in [3.63, 3.8) is 0 Å². The zero-order valence-corrected chi connectivity index (χ0v) is 12.7. The predicted octanol–water partition coefficient (Wildman–Crippen LogP) is 3.51. The Bertz CT molecular complexity index is 479. The summed E-state index contributed by atoms with van der Waals surface area (Å²) in [6, 6.07) is 7.72. The molecular formula is C17H24N2O2. The van der Waals surface area contributed by atoms with Crippen LogP contribution in [0.1, 0.15) is 51.0 Å². The van der Waals surface area contributed by atoms with E-state index in [1.165, 1.54) is 6.42 Å². The van der Waals surface area contributed by atoms with Gasteiger partial charge in [0, 0.05) is 11.5 Å². The van der Waals surface area contributed by atoms with Gasteiger partial charge in [-0.3, -0.25) is 4.79 Å². The lowest BCUT2D eigenvalue weighted by molar-refractivity contribution is -0.125. The molecule has 0 radical (unpaired) electrons. The minimum absolute atomic E-state index is 0.0397. The largest absolute Gasteiger partial charge is 0.493 e. The van der Waals surface area contributed by atoms with E-state index in [4.69, 9.17) is 4.74 Å². The molecule has 2 rings (SSSR count). The Morgan fingerprint density at radius 1 is 1.33 bits per heavy atom. The fraction of sp³-hybridized carbons (Fsp3) is 0.529. The van der Waals surface area contributed by atoms with Gasteiger partial charge in [0.1, 0.15) is 5.75 Å². The molecule has 1 aliphatic carbocycles. The number of carbonyl (C=O) groups is 1. The van der Waals surface area contributed by atoms with E-state index in [1.54, 1.807) is 6.21 Å². The van der Waals surface area contributed by atoms with Gasteiger partial charge in [0.25, 0.3) is 0 Å². The molecule has 4 heteroatoms. The Labute approximate surface area is 126 Å². The molecule has 1 fully saturated rings. The predicted molar refractivity (Wildman–Crippen MR) is 84.5 cm³/mol. The fourth-order valence-electron chi connectivity index (χ4n) is 2.55. The van der Waals surface area contributed by atoms with Crippen molar-refractivity contribution in [1.82, 2.24) is 5.43 Å². The van der Waals surface area contributed by atoms with Crippen LogP contribution in [-0.2, 0) is 4.79 Å². The molecule has 21 heavy (non-hydrogen) atoms. The van der Waals surface area contributed by atoms with E-state index in [9.17, 15) is 4.79 Å². The summed E-state index contributed by atoms with van der Waals surface area (Å²) >= 11 is 0. The second-order valence-electron chi connectivity index (χ2n) is 5.46. The second-order valence-corrected chi connectivity index (χ2v) is 5.46. The first-order chi connectivity index (χ1) is 10.3. The summed E-state index contributed by atoms with van der Waals surface area (Å²) in [5.41, 5.74) is 3.54. The molecule has 114 valence electrons. The average molecular weight is 288 g/mol. The number of nitrogens with zero attached hydrogens (tertiary/aromatic N) is 1. The second kappa shape index (κ2) is 8.45. The number of benzene rings is 1. The maximum absolute atomic E-state index is 12.0. The van der Waals surface area contributed by atoms with Crippen LogP contribution in [0.2, 0.25) is 0 Å². The molecule has 4 nitrogen and oxygen atoms in total. The summed E-state index contributed by atoms with van der Waals surface area (Å²) < 4.78 is 5.66. The van der Waals surface area contributed by atoms with Crippen LogP contribution in [0.3, 0.4) is 0 Å². The number of carbonyl (C=O) groups excluding carboxylic acids is 1. The number of hydrogen-bond donors (Lipinski definition) is 1. The average Bonchev–Trinajstić information content (AvgIpc) is 2.54. The molecule has 0 aromatic heterocycles. The first kappa shape index (κ1) is 15.5. The van der Waals surface area contributed by atoms with Gasteiger partial charge in [-0.15, -0.1) is 0 Å². The Morgan fingerprint density at radius 3 is 2.86 bits per heavy atom. The molecule has 0 bridgehead atoms. The molecule has 1 N–H and O–H groups in total. The molecule has 0 spiro atoms. The van der Waals surface area contributed by atoms with Crippen LogP contribution in [0, 0.1) is 5.92 Å². The summed E-state index contributed by atoms with van der Waals surface area (Å²) in [5, 5.41) is 4.08. The van der Waals surface area contributed by atoms with Gasteiger partial charge in [0.15, 0.2) is 0 Å². The van der Waals surface area contributed by atoms with Crippen LogP contribution >= 0.6 is 0 Å². The van der Waals surface area contributed by atoms with Gasteiger partial charge >= 0.3 is 0 Å². The van der Waals surface area contributed by atoms with Crippen LogP contribution in [0.15, 0.2) is 29.4 Å². The van der Waals surface area contributed by atoms with Crippen LogP contribution in [-0.4, -0.2) is 18.7 Å². The highest BCUT2D eigenvalue weighted by Gasteiger charge is 2.20. The van der Waals surface area contributed by atoms with Crippen molar-refractivity contribution in [2.45, 2.75) is 45.4 Å². The van der Waals surface area contributed by atoms with Crippen LogP contribution in [0.5, 0.6) is 5.75 Å². The third-order valence-electron chi connectivity index (χ3n) is 3.74. The van der Waals surface area contributed by atoms with Gasteiger partial charge < -0.3 is 4.74 Å². The van der Waals surface area contributed by atoms with Gasteiger partial charge in [-0.1, -0.05) is 38.3 Å². The standard InChI is InChI=1S/C17H24N2O2/c1-2-12-21-16-11-7-6-10-15(16)13-18-19-17(20)14-8-4-3-5-9-14/h6-7,10-11,13-14H,2-5,8-9,12H2,1H3,(H,19,20)/b18-13-. The maximum atomic E-state index is 12.0. The number of rotatable bonds is 6. The molecule has 0 aliphatic heterocycles. The van der Waals surface area contributed by atoms with E-state index in [0.29, 0.717) is 6.61 Å². The summed E-state index contributed by atoms with van der Waals surface area (Å²) in [6.07, 6.45) is 8.13. The Kier molecular flexibility index (Phi) is 6.25. The maximum Gasteiger partial charge on any atom is 0.243 e. The lowest BCUT2D eigenvalue weighted by Crippen LogP contribution is -2.28. The third kappa shape index (κ3) is 4.88. The topological polar surface area (TPSA) is 50.7 Å². The zero-order valence-electron chi connectivity index (χ0n) is 12.7. The number of amides is 1. The highest BCUT2D eigenvalue weighted by Crippen LogP contribution is 2.23. The molecule has 1 aromatic rings. The molecular weight excluding hydrogens is 264 g/mol. The first-order valence-electron chi connectivity index (χ1n) is 7.86. The number of nitrogens with one attached hydrogen (secondary N) is 1. The number of hydrazone groups is 1. The molecule has 0 saturated heterocycles. The molecule has 1 aromatic carbocycles. The van der Waals surface area contributed by atoms with E-state index in [-0.39, 0.29) is 11.8 Å². The van der Waals surface area contributed by atoms with Gasteiger partial charge in [0.2, 0.25) is 5.91 Å². The minimum atomic E-state index is 0.0397. The van der Waals surface area contributed by atoms with Crippen molar-refractivity contribution < 1.29 is 9.53 Å². The lowest BCUT2D eigenvalue weighted by atomic mass is 9.89. The van der Waals surface area contributed by atoms with E-state index in [0.717, 1.165) is 43.4 Å². The van der Waals surface area contributed by atoms with E-state index in [1.807, 2.05) is 24.3 Å². The number of hydrogen-bond acceptors (Lipinski definition) is 3. The highest BCUT2D eigenvalue weighted by atomic mass is 16.5. The molecule has 0 atom stereocenters. The number of para-hydroxylation sites is 1. The van der Waals surface area contributed by atoms with Gasteiger partial charge in [-0.25, -0.2) is 5.43 Å². The third-order valence-corrected chi connectivity index (χ3v) is 3.74. The van der Waals surface area contributed by atoms with Crippen LogP contribution in [0.25, 0.3) is 0 Å². The number of ether oxygens (including phenoxy) is 1. The molecule has 0 unspecified atom stereocenters. The quantitative estimate of drug-likeness (QED) is 0.643. The van der Waals surface area contributed by atoms with Crippen molar-refractivity contribution in [3.8, 4) is 5.75 Å². The Hall–Kier alpha value is -1.84. The zero-order chi connectivity index (χ0) is 14.9. The SMILES string of the molecule is CCCOc1ccccc1/C=N\NC(=O)C1CCCCC1. The van der Waals surface area contributed by atoms with Crippen molar-refractivity contribution in [2.24, 2.45) is 11.0 Å². The minimum Gasteiger partial charge on any atom is -0.493 e. The van der Waals surface area contributed by atoms with Gasteiger partial charge in [-0.05, 0) is 31.4 Å². The summed E-state index contributed by atoms with van der Waals surface area (Å²) in [6.45, 7) is 2.75. The van der Waals surface area contributed by atoms with Crippen LogP contribution < -0.4 is 10.2 Å². The molecule has 1 aliphatic rings. The van der Waals surface area contributed by atoms with E-state index in [2.05, 4.69) is 17.5 Å². The first-order valence-corrected chi connectivity index (χ1v) is 7.86. The Balaban J connectivity index is 1.89. The normalized spacial score (nSPS) is 16.0. The fourth-order valence-corrected chi connectivity index (χ4v) is 2.55. The molecule has 1 saturated carbocycles. The molecule has 1 amide bonds. The van der Waals surface area contributed by atoms with Gasteiger partial charge in [0.05, 0.1) is 12.8 Å². The summed E-state index contributed by atoms with van der Waals surface area (Å²) in [5.74, 6) is 0.968. The van der Waals surface area contributed by atoms with Crippen molar-refractivity contribution in [1.29, 1.82) is 0 Å². The van der Waals surface area contributed by atoms with Crippen molar-refractivity contribution >= 4 is 12.1 Å². The van der Waals surface area contributed by atoms with Crippen molar-refractivity contribution in [2.75, 3.05) is 6.61 Å². The summed E-state index contributed by atoms with van der Waals surface area (Å²) in [7, 11) is 0. The van der Waals surface area contributed by atoms with Gasteiger partial charge in [-0.2, -0.15) is 5.10 Å². The smallest absolute Gasteiger partial charge is 0.243 e. The monoisotopic (exact) mass is 288 g/mol. The highest BCUT2D eigenvalue weighted by molar-refractivity contribution is 5.85. The summed E-state index contributed by atoms with van der Waals surface area (Å²) in [4.78, 5) is 12.0. The molecule has 0 heterocycles. The van der Waals surface area contributed by atoms with Crippen molar-refractivity contribution in [3.05, 3.63) is 29.8 Å². The Morgan fingerprint density at radius 2 is 2.10 bits per heavy atom.